The monoisotopic (exact) mass is 483 g/mol. The minimum atomic E-state index is -1.63. The van der Waals surface area contributed by atoms with Crippen LogP contribution in [0.1, 0.15) is 18.9 Å². The van der Waals surface area contributed by atoms with Crippen LogP contribution in [0.5, 0.6) is 5.75 Å². The van der Waals surface area contributed by atoms with Gasteiger partial charge in [0.25, 0.3) is 0 Å². The van der Waals surface area contributed by atoms with Crippen molar-refractivity contribution in [2.75, 3.05) is 6.61 Å². The molecule has 5 unspecified atom stereocenters. The van der Waals surface area contributed by atoms with Gasteiger partial charge in [-0.3, -0.25) is 19.2 Å². The zero-order valence-electron chi connectivity index (χ0n) is 18.3. The van der Waals surface area contributed by atoms with E-state index in [4.69, 9.17) is 11.5 Å². The molecule has 0 bridgehead atoms. The third kappa shape index (κ3) is 9.01. The molecule has 0 aliphatic carbocycles. The highest BCUT2D eigenvalue weighted by Gasteiger charge is 2.31. The first kappa shape index (κ1) is 28.3. The van der Waals surface area contributed by atoms with E-state index in [9.17, 15) is 44.4 Å². The van der Waals surface area contributed by atoms with Crippen LogP contribution in [0.2, 0.25) is 0 Å². The van der Waals surface area contributed by atoms with Gasteiger partial charge in [-0.1, -0.05) is 12.1 Å². The number of phenols is 1. The van der Waals surface area contributed by atoms with Crippen LogP contribution < -0.4 is 27.4 Å². The third-order valence-electron chi connectivity index (χ3n) is 4.67. The summed E-state index contributed by atoms with van der Waals surface area (Å²) in [4.78, 5) is 60.0. The summed E-state index contributed by atoms with van der Waals surface area (Å²) in [5.74, 6) is -5.50. The summed E-state index contributed by atoms with van der Waals surface area (Å²) in [5, 5.41) is 44.1. The number of aromatic hydroxyl groups is 1. The van der Waals surface area contributed by atoms with Crippen molar-refractivity contribution >= 4 is 29.6 Å². The van der Waals surface area contributed by atoms with Crippen molar-refractivity contribution in [3.63, 3.8) is 0 Å². The maximum atomic E-state index is 12.6. The Morgan fingerprint density at radius 1 is 0.912 bits per heavy atom. The SMILES string of the molecule is CC(O)C(N)C(=O)NC(CC(N)=O)C(=O)NC(CO)C(=O)NC(Cc1ccc(O)cc1)C(=O)O. The fourth-order valence-electron chi connectivity index (χ4n) is 2.70. The zero-order valence-corrected chi connectivity index (χ0v) is 18.3. The molecule has 0 aromatic heterocycles. The van der Waals surface area contributed by atoms with E-state index in [1.54, 1.807) is 0 Å². The molecule has 0 saturated heterocycles. The summed E-state index contributed by atoms with van der Waals surface area (Å²) in [6.45, 7) is 0.296. The second kappa shape index (κ2) is 13.1. The largest absolute Gasteiger partial charge is 0.508 e. The van der Waals surface area contributed by atoms with E-state index in [-0.39, 0.29) is 12.2 Å². The number of aliphatic carboxylic acids is 1. The minimum Gasteiger partial charge on any atom is -0.508 e. The lowest BCUT2D eigenvalue weighted by Crippen LogP contribution is -2.59. The molecule has 0 heterocycles. The zero-order chi connectivity index (χ0) is 26.0. The number of rotatable bonds is 13. The van der Waals surface area contributed by atoms with Crippen LogP contribution in [0.4, 0.5) is 0 Å². The van der Waals surface area contributed by atoms with Crippen LogP contribution in [0.3, 0.4) is 0 Å². The molecule has 1 rings (SSSR count). The second-order valence-electron chi connectivity index (χ2n) is 7.51. The van der Waals surface area contributed by atoms with Gasteiger partial charge in [-0.25, -0.2) is 4.79 Å². The molecule has 14 nitrogen and oxygen atoms in total. The van der Waals surface area contributed by atoms with Crippen LogP contribution in [0.15, 0.2) is 24.3 Å². The Kier molecular flexibility index (Phi) is 10.9. The van der Waals surface area contributed by atoms with E-state index in [0.717, 1.165) is 0 Å². The predicted octanol–water partition coefficient (Wildman–Crippen LogP) is -3.95. The van der Waals surface area contributed by atoms with Crippen LogP contribution >= 0.6 is 0 Å². The average molecular weight is 483 g/mol. The fraction of sp³-hybridized carbons (Fsp3) is 0.450. The molecule has 14 heteroatoms. The number of benzene rings is 1. The van der Waals surface area contributed by atoms with Gasteiger partial charge in [0.2, 0.25) is 23.6 Å². The van der Waals surface area contributed by atoms with E-state index < -0.39 is 72.9 Å². The Balaban J connectivity index is 2.90. The number of carboxylic acid groups (broad SMARTS) is 1. The Labute approximate surface area is 194 Å². The summed E-state index contributed by atoms with van der Waals surface area (Å²) in [7, 11) is 0. The van der Waals surface area contributed by atoms with Crippen LogP contribution in [0.25, 0.3) is 0 Å². The van der Waals surface area contributed by atoms with Gasteiger partial charge in [-0.2, -0.15) is 0 Å². The first-order valence-corrected chi connectivity index (χ1v) is 10.1. The normalized spacial score (nSPS) is 15.2. The predicted molar refractivity (Wildman–Crippen MR) is 116 cm³/mol. The number of amides is 4. The summed E-state index contributed by atoms with van der Waals surface area (Å²) in [5.41, 5.74) is 11.1. The summed E-state index contributed by atoms with van der Waals surface area (Å²) >= 11 is 0. The Bertz CT molecular complexity index is 891. The highest BCUT2D eigenvalue weighted by molar-refractivity contribution is 5.96. The lowest BCUT2D eigenvalue weighted by molar-refractivity contribution is -0.142. The smallest absolute Gasteiger partial charge is 0.326 e. The van der Waals surface area contributed by atoms with E-state index in [1.807, 2.05) is 0 Å². The number of aliphatic hydroxyl groups is 2. The Morgan fingerprint density at radius 3 is 1.88 bits per heavy atom. The van der Waals surface area contributed by atoms with Crippen molar-refractivity contribution in [3.05, 3.63) is 29.8 Å². The summed E-state index contributed by atoms with van der Waals surface area (Å²) in [6.07, 6.45) is -2.11. The Hall–Kier alpha value is -3.75. The number of aliphatic hydroxyl groups excluding tert-OH is 2. The van der Waals surface area contributed by atoms with Crippen LogP contribution in [-0.2, 0) is 30.4 Å². The van der Waals surface area contributed by atoms with E-state index in [1.165, 1.54) is 31.2 Å². The maximum Gasteiger partial charge on any atom is 0.326 e. The van der Waals surface area contributed by atoms with E-state index >= 15 is 0 Å². The number of carboxylic acids is 1. The van der Waals surface area contributed by atoms with Crippen molar-refractivity contribution in [1.29, 1.82) is 0 Å². The molecular formula is C20H29N5O9. The number of nitrogens with one attached hydrogen (secondary N) is 3. The number of nitrogens with two attached hydrogens (primary N) is 2. The summed E-state index contributed by atoms with van der Waals surface area (Å²) < 4.78 is 0. The van der Waals surface area contributed by atoms with Gasteiger partial charge < -0.3 is 47.8 Å². The van der Waals surface area contributed by atoms with Gasteiger partial charge in [0.15, 0.2) is 0 Å². The van der Waals surface area contributed by atoms with Gasteiger partial charge in [-0.15, -0.1) is 0 Å². The number of primary amides is 1. The topological polar surface area (TPSA) is 254 Å². The molecule has 1 aromatic carbocycles. The molecule has 11 N–H and O–H groups in total. The molecule has 0 spiro atoms. The number of phenolic OH excluding ortho intramolecular Hbond substituents is 1. The van der Waals surface area contributed by atoms with Crippen LogP contribution in [-0.4, -0.2) is 86.9 Å². The molecule has 34 heavy (non-hydrogen) atoms. The molecule has 0 fully saturated rings. The lowest BCUT2D eigenvalue weighted by atomic mass is 10.1. The molecule has 0 radical (unpaired) electrons. The quantitative estimate of drug-likeness (QED) is 0.131. The first-order chi connectivity index (χ1) is 15.8. The van der Waals surface area contributed by atoms with Gasteiger partial charge in [-0.05, 0) is 24.6 Å². The minimum absolute atomic E-state index is 0.0327. The molecule has 188 valence electrons. The highest BCUT2D eigenvalue weighted by atomic mass is 16.4. The van der Waals surface area contributed by atoms with Gasteiger partial charge in [0, 0.05) is 6.42 Å². The van der Waals surface area contributed by atoms with Crippen molar-refractivity contribution in [2.45, 2.75) is 50.0 Å². The Morgan fingerprint density at radius 2 is 1.41 bits per heavy atom. The van der Waals surface area contributed by atoms with E-state index in [2.05, 4.69) is 16.0 Å². The molecule has 5 atom stereocenters. The maximum absolute atomic E-state index is 12.6. The third-order valence-corrected chi connectivity index (χ3v) is 4.67. The van der Waals surface area contributed by atoms with Crippen molar-refractivity contribution in [2.24, 2.45) is 11.5 Å². The van der Waals surface area contributed by atoms with Crippen LogP contribution in [0, 0.1) is 0 Å². The fourth-order valence-corrected chi connectivity index (χ4v) is 2.70. The standard InChI is InChI=1S/C20H29N5O9/c1-9(27)16(22)19(32)23-12(7-15(21)29)17(30)25-14(8-26)18(31)24-13(20(33)34)6-10-2-4-11(28)5-3-10/h2-5,9,12-14,16,26-28H,6-8,22H2,1H3,(H2,21,29)(H,23,32)(H,24,31)(H,25,30)(H,33,34). The number of hydrogen-bond acceptors (Lipinski definition) is 9. The van der Waals surface area contributed by atoms with Gasteiger partial charge in [0.1, 0.15) is 29.9 Å². The van der Waals surface area contributed by atoms with Gasteiger partial charge in [0.05, 0.1) is 19.1 Å². The van der Waals surface area contributed by atoms with Crippen molar-refractivity contribution in [3.8, 4) is 5.75 Å². The lowest BCUT2D eigenvalue weighted by Gasteiger charge is -2.24. The molecule has 0 aliphatic heterocycles. The summed E-state index contributed by atoms with van der Waals surface area (Å²) in [6, 6.07) is -0.483. The van der Waals surface area contributed by atoms with Crippen molar-refractivity contribution in [1.82, 2.24) is 16.0 Å². The number of carbonyl (C=O) groups excluding carboxylic acids is 4. The average Bonchev–Trinajstić information content (AvgIpc) is 2.76. The second-order valence-corrected chi connectivity index (χ2v) is 7.51. The van der Waals surface area contributed by atoms with Gasteiger partial charge >= 0.3 is 5.97 Å². The van der Waals surface area contributed by atoms with E-state index in [0.29, 0.717) is 5.56 Å². The number of carbonyl (C=O) groups is 5. The molecule has 0 saturated carbocycles. The first-order valence-electron chi connectivity index (χ1n) is 10.1. The molecule has 1 aromatic rings. The number of hydrogen-bond donors (Lipinski definition) is 9. The van der Waals surface area contributed by atoms with Crippen molar-refractivity contribution < 1.29 is 44.4 Å². The molecular weight excluding hydrogens is 454 g/mol. The molecule has 4 amide bonds. The molecule has 0 aliphatic rings. The highest BCUT2D eigenvalue weighted by Crippen LogP contribution is 2.11.